The first kappa shape index (κ1) is 12.5. The van der Waals surface area contributed by atoms with Gasteiger partial charge in [0.1, 0.15) is 11.5 Å². The quantitative estimate of drug-likeness (QED) is 0.630. The molecular weight excluding hydrogens is 272 g/mol. The fourth-order valence-corrected chi connectivity index (χ4v) is 2.26. The van der Waals surface area contributed by atoms with Gasteiger partial charge in [-0.3, -0.25) is 4.57 Å². The largest absolute Gasteiger partial charge is 0.508 e. The highest BCUT2D eigenvalue weighted by atomic mass is 32.1. The lowest BCUT2D eigenvalue weighted by atomic mass is 10.2. The van der Waals surface area contributed by atoms with Crippen molar-refractivity contribution in [3.8, 4) is 28.4 Å². The van der Waals surface area contributed by atoms with Gasteiger partial charge in [-0.15, -0.1) is 0 Å². The van der Waals surface area contributed by atoms with Gasteiger partial charge in [0.2, 0.25) is 0 Å². The molecule has 1 aromatic heterocycles. The lowest BCUT2D eigenvalue weighted by Crippen LogP contribution is -1.90. The first-order valence-corrected chi connectivity index (χ1v) is 6.45. The molecule has 3 N–H and O–H groups in total. The number of hydrogen-bond donors (Lipinski definition) is 3. The van der Waals surface area contributed by atoms with Gasteiger partial charge in [0.25, 0.3) is 0 Å². The fourth-order valence-electron chi connectivity index (χ4n) is 1.99. The summed E-state index contributed by atoms with van der Waals surface area (Å²) in [5.74, 6) is 0.444. The van der Waals surface area contributed by atoms with E-state index in [4.69, 9.17) is 12.2 Å². The van der Waals surface area contributed by atoms with Crippen LogP contribution in [-0.2, 0) is 0 Å². The summed E-state index contributed by atoms with van der Waals surface area (Å²) in [6.45, 7) is 0. The first-order chi connectivity index (χ1) is 9.63. The van der Waals surface area contributed by atoms with Crippen molar-refractivity contribution in [3.05, 3.63) is 59.5 Å². The minimum Gasteiger partial charge on any atom is -0.508 e. The number of nitrogens with one attached hydrogen (secondary N) is 1. The van der Waals surface area contributed by atoms with Crippen molar-refractivity contribution in [1.29, 1.82) is 0 Å². The standard InChI is InChI=1S/C15H12N2O2S/c18-12-5-1-10(2-6-12)14-9-17(15(20)16-14)11-3-7-13(19)8-4-11/h1-9,18-19H,(H,16,20). The van der Waals surface area contributed by atoms with E-state index in [1.165, 1.54) is 0 Å². The third-order valence-corrected chi connectivity index (χ3v) is 3.32. The molecule has 0 aliphatic carbocycles. The Balaban J connectivity index is 2.05. The Morgan fingerprint density at radius 1 is 0.850 bits per heavy atom. The van der Waals surface area contributed by atoms with Gasteiger partial charge in [-0.2, -0.15) is 0 Å². The predicted octanol–water partition coefficient (Wildman–Crippen LogP) is 3.61. The highest BCUT2D eigenvalue weighted by Gasteiger charge is 2.05. The maximum absolute atomic E-state index is 9.32. The zero-order valence-electron chi connectivity index (χ0n) is 10.4. The first-order valence-electron chi connectivity index (χ1n) is 6.04. The van der Waals surface area contributed by atoms with Gasteiger partial charge < -0.3 is 15.2 Å². The van der Waals surface area contributed by atoms with Crippen LogP contribution < -0.4 is 0 Å². The molecule has 3 aromatic rings. The molecule has 0 aliphatic heterocycles. The van der Waals surface area contributed by atoms with Crippen LogP contribution in [-0.4, -0.2) is 19.8 Å². The van der Waals surface area contributed by atoms with Crippen LogP contribution in [0.5, 0.6) is 11.5 Å². The average molecular weight is 284 g/mol. The number of nitrogens with zero attached hydrogens (tertiary/aromatic N) is 1. The lowest BCUT2D eigenvalue weighted by Gasteiger charge is -2.01. The Morgan fingerprint density at radius 3 is 2.00 bits per heavy atom. The summed E-state index contributed by atoms with van der Waals surface area (Å²) >= 11 is 5.31. The van der Waals surface area contributed by atoms with E-state index in [0.717, 1.165) is 16.9 Å². The van der Waals surface area contributed by atoms with Gasteiger partial charge >= 0.3 is 0 Å². The van der Waals surface area contributed by atoms with Crippen molar-refractivity contribution >= 4 is 12.2 Å². The van der Waals surface area contributed by atoms with Crippen LogP contribution in [0.15, 0.2) is 54.7 Å². The van der Waals surface area contributed by atoms with Crippen LogP contribution >= 0.6 is 12.2 Å². The smallest absolute Gasteiger partial charge is 0.182 e. The summed E-state index contributed by atoms with van der Waals surface area (Å²) in [6.07, 6.45) is 1.89. The molecule has 1 heterocycles. The van der Waals surface area contributed by atoms with Crippen LogP contribution in [0.25, 0.3) is 16.9 Å². The van der Waals surface area contributed by atoms with Gasteiger partial charge in [-0.25, -0.2) is 0 Å². The molecular formula is C15H12N2O2S. The molecule has 0 saturated carbocycles. The van der Waals surface area contributed by atoms with E-state index in [-0.39, 0.29) is 11.5 Å². The minimum atomic E-state index is 0.217. The topological polar surface area (TPSA) is 61.2 Å². The average Bonchev–Trinajstić information content (AvgIpc) is 2.82. The third kappa shape index (κ3) is 2.31. The summed E-state index contributed by atoms with van der Waals surface area (Å²) in [5.41, 5.74) is 2.67. The molecule has 0 aliphatic rings. The Morgan fingerprint density at radius 2 is 1.40 bits per heavy atom. The second kappa shape index (κ2) is 4.86. The highest BCUT2D eigenvalue weighted by molar-refractivity contribution is 7.71. The van der Waals surface area contributed by atoms with Crippen molar-refractivity contribution in [3.63, 3.8) is 0 Å². The number of hydrogen-bond acceptors (Lipinski definition) is 3. The Labute approximate surface area is 120 Å². The van der Waals surface area contributed by atoms with Gasteiger partial charge in [-0.1, -0.05) is 0 Å². The molecule has 0 atom stereocenters. The summed E-state index contributed by atoms with van der Waals surface area (Å²) in [7, 11) is 0. The third-order valence-electron chi connectivity index (χ3n) is 3.02. The lowest BCUT2D eigenvalue weighted by molar-refractivity contribution is 0.475. The molecule has 2 aromatic carbocycles. The van der Waals surface area contributed by atoms with Gasteiger partial charge in [0, 0.05) is 11.9 Å². The van der Waals surface area contributed by atoms with Crippen molar-refractivity contribution in [2.45, 2.75) is 0 Å². The highest BCUT2D eigenvalue weighted by Crippen LogP contribution is 2.22. The number of H-pyrrole nitrogens is 1. The molecule has 5 heteroatoms. The Bertz CT molecular complexity index is 786. The summed E-state index contributed by atoms with van der Waals surface area (Å²) in [6, 6.07) is 13.7. The summed E-state index contributed by atoms with van der Waals surface area (Å²) < 4.78 is 2.40. The van der Waals surface area contributed by atoms with Crippen molar-refractivity contribution in [2.75, 3.05) is 0 Å². The number of imidazole rings is 1. The molecule has 3 rings (SSSR count). The molecule has 0 saturated heterocycles. The van der Waals surface area contributed by atoms with E-state index >= 15 is 0 Å². The van der Waals surface area contributed by atoms with E-state index in [9.17, 15) is 10.2 Å². The normalized spacial score (nSPS) is 10.6. The van der Waals surface area contributed by atoms with E-state index in [2.05, 4.69) is 4.98 Å². The number of benzene rings is 2. The van der Waals surface area contributed by atoms with E-state index in [0.29, 0.717) is 4.77 Å². The number of aromatic hydroxyl groups is 2. The maximum atomic E-state index is 9.32. The number of phenols is 2. The number of aromatic amines is 1. The fraction of sp³-hybridized carbons (Fsp3) is 0. The number of aromatic nitrogens is 2. The second-order valence-electron chi connectivity index (χ2n) is 4.41. The number of phenolic OH excluding ortho intramolecular Hbond substituents is 2. The minimum absolute atomic E-state index is 0.217. The SMILES string of the molecule is Oc1ccc(-c2cn(-c3ccc(O)cc3)c(=S)[nH]2)cc1. The molecule has 0 unspecified atom stereocenters. The summed E-state index contributed by atoms with van der Waals surface area (Å²) in [4.78, 5) is 3.13. The van der Waals surface area contributed by atoms with Gasteiger partial charge in [0.15, 0.2) is 4.77 Å². The maximum Gasteiger partial charge on any atom is 0.182 e. The van der Waals surface area contributed by atoms with Gasteiger partial charge in [0.05, 0.1) is 5.69 Å². The monoisotopic (exact) mass is 284 g/mol. The zero-order valence-corrected chi connectivity index (χ0v) is 11.3. The predicted molar refractivity (Wildman–Crippen MR) is 79.7 cm³/mol. The summed E-state index contributed by atoms with van der Waals surface area (Å²) in [5, 5.41) is 18.6. The van der Waals surface area contributed by atoms with Crippen molar-refractivity contribution in [1.82, 2.24) is 9.55 Å². The van der Waals surface area contributed by atoms with Crippen LogP contribution in [0.3, 0.4) is 0 Å². The molecule has 0 bridgehead atoms. The van der Waals surface area contributed by atoms with Crippen molar-refractivity contribution < 1.29 is 10.2 Å². The molecule has 100 valence electrons. The van der Waals surface area contributed by atoms with Gasteiger partial charge in [-0.05, 0) is 66.3 Å². The van der Waals surface area contributed by atoms with Crippen molar-refractivity contribution in [2.24, 2.45) is 0 Å². The van der Waals surface area contributed by atoms with Crippen LogP contribution in [0, 0.1) is 4.77 Å². The van der Waals surface area contributed by atoms with E-state index < -0.39 is 0 Å². The molecule has 4 nitrogen and oxygen atoms in total. The van der Waals surface area contributed by atoms with Crippen LogP contribution in [0.4, 0.5) is 0 Å². The molecule has 0 amide bonds. The molecule has 0 spiro atoms. The number of rotatable bonds is 2. The van der Waals surface area contributed by atoms with Crippen LogP contribution in [0.1, 0.15) is 0 Å². The molecule has 0 fully saturated rings. The van der Waals surface area contributed by atoms with E-state index in [1.807, 2.05) is 22.9 Å². The molecule has 20 heavy (non-hydrogen) atoms. The van der Waals surface area contributed by atoms with Crippen LogP contribution in [0.2, 0.25) is 0 Å². The van der Waals surface area contributed by atoms with E-state index in [1.54, 1.807) is 36.4 Å². The molecule has 0 radical (unpaired) electrons. The Hall–Kier alpha value is -2.53. The Kier molecular flexibility index (Phi) is 3.04. The zero-order chi connectivity index (χ0) is 14.1. The second-order valence-corrected chi connectivity index (χ2v) is 4.79.